The average molecular weight is 389 g/mol. The molecule has 150 valence electrons. The van der Waals surface area contributed by atoms with Crippen molar-refractivity contribution in [3.05, 3.63) is 88.8 Å². The van der Waals surface area contributed by atoms with Crippen LogP contribution in [0.25, 0.3) is 11.1 Å². The number of morpholine rings is 1. The highest BCUT2D eigenvalue weighted by Gasteiger charge is 2.34. The third-order valence-corrected chi connectivity index (χ3v) is 5.57. The van der Waals surface area contributed by atoms with Gasteiger partial charge in [0.2, 0.25) is 0 Å². The van der Waals surface area contributed by atoms with Crippen LogP contribution in [0.5, 0.6) is 0 Å². The van der Waals surface area contributed by atoms with Crippen LogP contribution < -0.4 is 10.9 Å². The molecular formula is C24H27N3O2. The summed E-state index contributed by atoms with van der Waals surface area (Å²) in [5.74, 6) is 0. The van der Waals surface area contributed by atoms with E-state index < -0.39 is 0 Å². The van der Waals surface area contributed by atoms with Gasteiger partial charge in [0.05, 0.1) is 12.2 Å². The summed E-state index contributed by atoms with van der Waals surface area (Å²) in [6, 6.07) is 22.0. The van der Waals surface area contributed by atoms with Crippen molar-refractivity contribution < 1.29 is 4.74 Å². The molecule has 0 spiro atoms. The molecule has 29 heavy (non-hydrogen) atoms. The van der Waals surface area contributed by atoms with Crippen LogP contribution in [0.2, 0.25) is 0 Å². The van der Waals surface area contributed by atoms with Gasteiger partial charge in [-0.25, -0.2) is 4.68 Å². The number of hydrogen-bond donors (Lipinski definition) is 1. The molecule has 0 saturated carbocycles. The fourth-order valence-corrected chi connectivity index (χ4v) is 4.01. The van der Waals surface area contributed by atoms with E-state index in [2.05, 4.69) is 34.7 Å². The van der Waals surface area contributed by atoms with Crippen molar-refractivity contribution in [2.24, 2.45) is 0 Å². The molecule has 1 atom stereocenters. The molecule has 0 bridgehead atoms. The first-order chi connectivity index (χ1) is 14.3. The summed E-state index contributed by atoms with van der Waals surface area (Å²) in [5.41, 5.74) is 2.52. The minimum absolute atomic E-state index is 0.0351. The van der Waals surface area contributed by atoms with E-state index in [0.717, 1.165) is 44.5 Å². The van der Waals surface area contributed by atoms with Crippen LogP contribution in [0.4, 0.5) is 0 Å². The molecule has 1 aromatic heterocycles. The second-order valence-corrected chi connectivity index (χ2v) is 7.48. The van der Waals surface area contributed by atoms with Gasteiger partial charge in [0, 0.05) is 25.8 Å². The van der Waals surface area contributed by atoms with Crippen LogP contribution in [-0.2, 0) is 16.9 Å². The number of nitrogens with zero attached hydrogens (tertiary/aromatic N) is 2. The predicted octanol–water partition coefficient (Wildman–Crippen LogP) is 3.60. The number of aryl methyl sites for hydroxylation is 1. The summed E-state index contributed by atoms with van der Waals surface area (Å²) in [7, 11) is 0. The second-order valence-electron chi connectivity index (χ2n) is 7.48. The van der Waals surface area contributed by atoms with Gasteiger partial charge in [0.15, 0.2) is 0 Å². The van der Waals surface area contributed by atoms with E-state index in [1.807, 2.05) is 36.4 Å². The van der Waals surface area contributed by atoms with Gasteiger partial charge in [0.25, 0.3) is 5.56 Å². The molecule has 5 nitrogen and oxygen atoms in total. The third-order valence-electron chi connectivity index (χ3n) is 5.57. The van der Waals surface area contributed by atoms with Crippen molar-refractivity contribution in [1.29, 1.82) is 0 Å². The standard InChI is InChI=1S/C24H27N3O2/c28-23-22(20-9-3-1-4-10-20)13-15-26-27(23)17-8-7-14-24(19-25-16-18-29-24)21-11-5-2-6-12-21/h1-6,9-13,15,25H,7-8,14,16-19H2. The first-order valence-electron chi connectivity index (χ1n) is 10.3. The minimum atomic E-state index is -0.288. The van der Waals surface area contributed by atoms with E-state index in [-0.39, 0.29) is 11.2 Å². The van der Waals surface area contributed by atoms with Crippen LogP contribution in [0, 0.1) is 0 Å². The highest BCUT2D eigenvalue weighted by molar-refractivity contribution is 5.61. The molecule has 5 heteroatoms. The van der Waals surface area contributed by atoms with Gasteiger partial charge < -0.3 is 10.1 Å². The molecule has 0 aliphatic carbocycles. The Hall–Kier alpha value is -2.76. The molecule has 1 saturated heterocycles. The van der Waals surface area contributed by atoms with Gasteiger partial charge in [-0.3, -0.25) is 4.79 Å². The number of ether oxygens (including phenoxy) is 1. The monoisotopic (exact) mass is 389 g/mol. The van der Waals surface area contributed by atoms with Gasteiger partial charge in [0.1, 0.15) is 5.60 Å². The Morgan fingerprint density at radius 3 is 2.48 bits per heavy atom. The highest BCUT2D eigenvalue weighted by Crippen LogP contribution is 2.32. The zero-order valence-electron chi connectivity index (χ0n) is 16.6. The van der Waals surface area contributed by atoms with Crippen LogP contribution in [-0.4, -0.2) is 29.5 Å². The Morgan fingerprint density at radius 2 is 1.76 bits per heavy atom. The number of nitrogens with one attached hydrogen (secondary N) is 1. The lowest BCUT2D eigenvalue weighted by Crippen LogP contribution is -2.47. The Balaban J connectivity index is 1.42. The van der Waals surface area contributed by atoms with Crippen LogP contribution >= 0.6 is 0 Å². The molecule has 1 aliphatic heterocycles. The van der Waals surface area contributed by atoms with Crippen LogP contribution in [0.3, 0.4) is 0 Å². The van der Waals surface area contributed by atoms with Crippen molar-refractivity contribution in [1.82, 2.24) is 15.1 Å². The summed E-state index contributed by atoms with van der Waals surface area (Å²) in [6.07, 6.45) is 4.46. The van der Waals surface area contributed by atoms with Crippen molar-refractivity contribution in [3.8, 4) is 11.1 Å². The molecule has 3 aromatic rings. The summed E-state index contributed by atoms with van der Waals surface area (Å²) in [4.78, 5) is 12.8. The highest BCUT2D eigenvalue weighted by atomic mass is 16.5. The lowest BCUT2D eigenvalue weighted by atomic mass is 9.87. The number of unbranched alkanes of at least 4 members (excludes halogenated alkanes) is 1. The van der Waals surface area contributed by atoms with E-state index >= 15 is 0 Å². The van der Waals surface area contributed by atoms with E-state index in [1.165, 1.54) is 5.56 Å². The number of hydrogen-bond acceptors (Lipinski definition) is 4. The Morgan fingerprint density at radius 1 is 1.00 bits per heavy atom. The van der Waals surface area contributed by atoms with Gasteiger partial charge in [-0.2, -0.15) is 5.10 Å². The fraction of sp³-hybridized carbons (Fsp3) is 0.333. The first kappa shape index (κ1) is 19.6. The summed E-state index contributed by atoms with van der Waals surface area (Å²) in [5, 5.41) is 7.76. The normalized spacial score (nSPS) is 19.2. The molecular weight excluding hydrogens is 362 g/mol. The summed E-state index contributed by atoms with van der Waals surface area (Å²) in [6.45, 7) is 3.03. The molecule has 1 N–H and O–H groups in total. The average Bonchev–Trinajstić information content (AvgIpc) is 2.79. The maximum absolute atomic E-state index is 12.8. The Labute approximate surface area is 171 Å². The molecule has 1 unspecified atom stereocenters. The Bertz CT molecular complexity index is 964. The summed E-state index contributed by atoms with van der Waals surface area (Å²) >= 11 is 0. The van der Waals surface area contributed by atoms with E-state index in [1.54, 1.807) is 16.9 Å². The van der Waals surface area contributed by atoms with Gasteiger partial charge in [-0.15, -0.1) is 0 Å². The van der Waals surface area contributed by atoms with Crippen LogP contribution in [0.1, 0.15) is 24.8 Å². The van der Waals surface area contributed by atoms with E-state index in [4.69, 9.17) is 4.74 Å². The Kier molecular flexibility index (Phi) is 6.17. The lowest BCUT2D eigenvalue weighted by Gasteiger charge is -2.38. The van der Waals surface area contributed by atoms with Crippen molar-refractivity contribution >= 4 is 0 Å². The smallest absolute Gasteiger partial charge is 0.274 e. The maximum Gasteiger partial charge on any atom is 0.274 e. The number of benzene rings is 2. The van der Waals surface area contributed by atoms with Gasteiger partial charge in [-0.1, -0.05) is 60.7 Å². The quantitative estimate of drug-likeness (QED) is 0.628. The maximum atomic E-state index is 12.8. The fourth-order valence-electron chi connectivity index (χ4n) is 4.01. The minimum Gasteiger partial charge on any atom is -0.368 e. The van der Waals surface area contributed by atoms with E-state index in [0.29, 0.717) is 12.1 Å². The topological polar surface area (TPSA) is 56.2 Å². The van der Waals surface area contributed by atoms with Gasteiger partial charge in [-0.05, 0) is 36.5 Å². The molecule has 0 radical (unpaired) electrons. The van der Waals surface area contributed by atoms with E-state index in [9.17, 15) is 4.79 Å². The van der Waals surface area contributed by atoms with Gasteiger partial charge >= 0.3 is 0 Å². The molecule has 2 aromatic carbocycles. The SMILES string of the molecule is O=c1c(-c2ccccc2)ccnn1CCCCC1(c2ccccc2)CNCCO1. The number of aromatic nitrogens is 2. The number of rotatable bonds is 7. The second kappa shape index (κ2) is 9.16. The summed E-state index contributed by atoms with van der Waals surface area (Å²) < 4.78 is 7.84. The zero-order chi connectivity index (χ0) is 19.9. The van der Waals surface area contributed by atoms with Crippen LogP contribution in [0.15, 0.2) is 77.7 Å². The molecule has 2 heterocycles. The predicted molar refractivity (Wildman–Crippen MR) is 115 cm³/mol. The first-order valence-corrected chi connectivity index (χ1v) is 10.3. The lowest BCUT2D eigenvalue weighted by molar-refractivity contribution is -0.0783. The van der Waals surface area contributed by atoms with Crippen molar-refractivity contribution in [3.63, 3.8) is 0 Å². The zero-order valence-corrected chi connectivity index (χ0v) is 16.6. The van der Waals surface area contributed by atoms with Crippen molar-refractivity contribution in [2.75, 3.05) is 19.7 Å². The molecule has 1 fully saturated rings. The van der Waals surface area contributed by atoms with Crippen molar-refractivity contribution in [2.45, 2.75) is 31.4 Å². The largest absolute Gasteiger partial charge is 0.368 e. The molecule has 4 rings (SSSR count). The molecule has 1 aliphatic rings. The third kappa shape index (κ3) is 4.47. The molecule has 0 amide bonds.